The molecule has 0 saturated heterocycles. The summed E-state index contributed by atoms with van der Waals surface area (Å²) in [4.78, 5) is 4.32. The Bertz CT molecular complexity index is 773. The maximum Gasteiger partial charge on any atom is 0.262 e. The number of benzene rings is 1. The van der Waals surface area contributed by atoms with E-state index in [0.717, 1.165) is 5.56 Å². The Morgan fingerprint density at radius 2 is 1.81 bits per heavy atom. The average molecular weight is 305 g/mol. The number of hydrogen-bond donors (Lipinski definition) is 2. The van der Waals surface area contributed by atoms with E-state index in [-0.39, 0.29) is 4.90 Å². The summed E-state index contributed by atoms with van der Waals surface area (Å²) in [6, 6.07) is 5.16. The van der Waals surface area contributed by atoms with Crippen molar-refractivity contribution in [1.29, 1.82) is 0 Å². The number of aromatic nitrogens is 1. The summed E-state index contributed by atoms with van der Waals surface area (Å²) in [5.41, 5.74) is 9.59. The van der Waals surface area contributed by atoms with E-state index in [0.29, 0.717) is 28.2 Å². The standard InChI is InChI=1S/C15H19N3O2S/c1-9-8-13(16)11(3)15(10(9)2)21(19,20)18-14-6-5-7-17-12(14)4/h5-8,18H,16H2,1-4H3. The molecule has 0 aliphatic heterocycles. The molecule has 21 heavy (non-hydrogen) atoms. The molecule has 2 rings (SSSR count). The first-order valence-corrected chi connectivity index (χ1v) is 8.03. The van der Waals surface area contributed by atoms with E-state index in [1.807, 2.05) is 6.92 Å². The van der Waals surface area contributed by atoms with Crippen molar-refractivity contribution >= 4 is 21.4 Å². The summed E-state index contributed by atoms with van der Waals surface area (Å²) in [7, 11) is -3.71. The number of nitrogens with two attached hydrogens (primary N) is 1. The molecule has 2 aromatic rings. The third kappa shape index (κ3) is 2.85. The van der Waals surface area contributed by atoms with Crippen molar-refractivity contribution in [2.45, 2.75) is 32.6 Å². The Labute approximate surface area is 125 Å². The first-order valence-electron chi connectivity index (χ1n) is 6.54. The quantitative estimate of drug-likeness (QED) is 0.854. The fraction of sp³-hybridized carbons (Fsp3) is 0.267. The molecular formula is C15H19N3O2S. The first-order chi connectivity index (χ1) is 9.74. The topological polar surface area (TPSA) is 85.1 Å². The van der Waals surface area contributed by atoms with Gasteiger partial charge in [0.15, 0.2) is 0 Å². The lowest BCUT2D eigenvalue weighted by atomic mass is 10.1. The molecule has 0 radical (unpaired) electrons. The molecule has 6 heteroatoms. The minimum Gasteiger partial charge on any atom is -0.398 e. The summed E-state index contributed by atoms with van der Waals surface area (Å²) in [6.07, 6.45) is 1.62. The molecule has 0 fully saturated rings. The molecule has 1 aromatic heterocycles. The van der Waals surface area contributed by atoms with Crippen LogP contribution in [-0.4, -0.2) is 13.4 Å². The van der Waals surface area contributed by atoms with E-state index in [1.165, 1.54) is 0 Å². The van der Waals surface area contributed by atoms with Gasteiger partial charge < -0.3 is 5.73 Å². The molecule has 0 amide bonds. The van der Waals surface area contributed by atoms with Crippen molar-refractivity contribution in [3.05, 3.63) is 46.8 Å². The predicted octanol–water partition coefficient (Wildman–Crippen LogP) is 2.70. The van der Waals surface area contributed by atoms with Gasteiger partial charge in [0.1, 0.15) is 0 Å². The maximum atomic E-state index is 12.7. The fourth-order valence-electron chi connectivity index (χ4n) is 2.23. The number of nitrogens with one attached hydrogen (secondary N) is 1. The van der Waals surface area contributed by atoms with Gasteiger partial charge in [-0.25, -0.2) is 8.42 Å². The number of aryl methyl sites for hydroxylation is 2. The minimum atomic E-state index is -3.71. The van der Waals surface area contributed by atoms with E-state index in [4.69, 9.17) is 5.73 Å². The Morgan fingerprint density at radius 3 is 2.43 bits per heavy atom. The number of nitrogens with zero attached hydrogens (tertiary/aromatic N) is 1. The van der Waals surface area contributed by atoms with E-state index in [2.05, 4.69) is 9.71 Å². The minimum absolute atomic E-state index is 0.239. The van der Waals surface area contributed by atoms with Crippen LogP contribution >= 0.6 is 0 Å². The number of anilines is 2. The van der Waals surface area contributed by atoms with Gasteiger partial charge in [-0.2, -0.15) is 0 Å². The lowest BCUT2D eigenvalue weighted by molar-refractivity contribution is 0.600. The fourth-order valence-corrected chi connectivity index (χ4v) is 3.92. The lowest BCUT2D eigenvalue weighted by Gasteiger charge is -2.17. The van der Waals surface area contributed by atoms with Crippen molar-refractivity contribution in [3.8, 4) is 0 Å². The molecule has 3 N–H and O–H groups in total. The van der Waals surface area contributed by atoms with Crippen LogP contribution in [0.4, 0.5) is 11.4 Å². The highest BCUT2D eigenvalue weighted by molar-refractivity contribution is 7.92. The van der Waals surface area contributed by atoms with Gasteiger partial charge in [0.2, 0.25) is 0 Å². The summed E-state index contributed by atoms with van der Waals surface area (Å²) in [6.45, 7) is 7.10. The van der Waals surface area contributed by atoms with Gasteiger partial charge in [-0.1, -0.05) is 0 Å². The zero-order valence-electron chi connectivity index (χ0n) is 12.6. The van der Waals surface area contributed by atoms with Gasteiger partial charge in [-0.05, 0) is 62.6 Å². The average Bonchev–Trinajstić information content (AvgIpc) is 2.39. The van der Waals surface area contributed by atoms with Crippen LogP contribution in [0.2, 0.25) is 0 Å². The molecule has 0 atom stereocenters. The Kier molecular flexibility index (Phi) is 3.91. The van der Waals surface area contributed by atoms with Crippen LogP contribution < -0.4 is 10.5 Å². The molecule has 1 aromatic carbocycles. The third-order valence-electron chi connectivity index (χ3n) is 3.60. The highest BCUT2D eigenvalue weighted by Crippen LogP contribution is 2.29. The molecule has 112 valence electrons. The normalized spacial score (nSPS) is 11.4. The summed E-state index contributed by atoms with van der Waals surface area (Å²) < 4.78 is 28.0. The summed E-state index contributed by atoms with van der Waals surface area (Å²) in [5, 5.41) is 0. The molecule has 0 bridgehead atoms. The molecule has 0 aliphatic rings. The summed E-state index contributed by atoms with van der Waals surface area (Å²) >= 11 is 0. The van der Waals surface area contributed by atoms with Gasteiger partial charge in [0, 0.05) is 11.9 Å². The second-order valence-electron chi connectivity index (χ2n) is 5.10. The molecule has 5 nitrogen and oxygen atoms in total. The van der Waals surface area contributed by atoms with Gasteiger partial charge in [0.05, 0.1) is 16.3 Å². The molecule has 0 spiro atoms. The van der Waals surface area contributed by atoms with Crippen LogP contribution in [0.15, 0.2) is 29.3 Å². The summed E-state index contributed by atoms with van der Waals surface area (Å²) in [5.74, 6) is 0. The maximum absolute atomic E-state index is 12.7. The van der Waals surface area contributed by atoms with E-state index in [9.17, 15) is 8.42 Å². The molecule has 0 saturated carbocycles. The largest absolute Gasteiger partial charge is 0.398 e. The van der Waals surface area contributed by atoms with Crippen LogP contribution in [0.5, 0.6) is 0 Å². The van der Waals surface area contributed by atoms with Crippen LogP contribution in [0.1, 0.15) is 22.4 Å². The number of rotatable bonds is 3. The van der Waals surface area contributed by atoms with Crippen molar-refractivity contribution in [2.75, 3.05) is 10.5 Å². The second kappa shape index (κ2) is 5.37. The van der Waals surface area contributed by atoms with Crippen molar-refractivity contribution in [1.82, 2.24) is 4.98 Å². The highest BCUT2D eigenvalue weighted by atomic mass is 32.2. The van der Waals surface area contributed by atoms with E-state index in [1.54, 1.807) is 45.2 Å². The lowest BCUT2D eigenvalue weighted by Crippen LogP contribution is -2.18. The zero-order chi connectivity index (χ0) is 15.8. The third-order valence-corrected chi connectivity index (χ3v) is 5.24. The molecule has 0 aliphatic carbocycles. The Balaban J connectivity index is 2.58. The number of sulfonamides is 1. The highest BCUT2D eigenvalue weighted by Gasteiger charge is 2.23. The predicted molar refractivity (Wildman–Crippen MR) is 84.8 cm³/mol. The van der Waals surface area contributed by atoms with Crippen molar-refractivity contribution < 1.29 is 8.42 Å². The van der Waals surface area contributed by atoms with Crippen LogP contribution in [0, 0.1) is 27.7 Å². The zero-order valence-corrected chi connectivity index (χ0v) is 13.4. The smallest absolute Gasteiger partial charge is 0.262 e. The van der Waals surface area contributed by atoms with Crippen LogP contribution in [0.3, 0.4) is 0 Å². The van der Waals surface area contributed by atoms with E-state index >= 15 is 0 Å². The molecule has 0 unspecified atom stereocenters. The van der Waals surface area contributed by atoms with E-state index < -0.39 is 10.0 Å². The van der Waals surface area contributed by atoms with Crippen LogP contribution in [-0.2, 0) is 10.0 Å². The van der Waals surface area contributed by atoms with Crippen molar-refractivity contribution in [2.24, 2.45) is 0 Å². The van der Waals surface area contributed by atoms with Gasteiger partial charge in [-0.3, -0.25) is 9.71 Å². The SMILES string of the molecule is Cc1cc(N)c(C)c(S(=O)(=O)Nc2cccnc2C)c1C. The van der Waals surface area contributed by atoms with Gasteiger partial charge in [0.25, 0.3) is 10.0 Å². The molecular weight excluding hydrogens is 286 g/mol. The molecule has 1 heterocycles. The number of pyridine rings is 1. The Morgan fingerprint density at radius 1 is 1.14 bits per heavy atom. The van der Waals surface area contributed by atoms with Gasteiger partial charge in [-0.15, -0.1) is 0 Å². The monoisotopic (exact) mass is 305 g/mol. The number of nitrogen functional groups attached to an aromatic ring is 1. The Hall–Kier alpha value is -2.08. The van der Waals surface area contributed by atoms with Crippen LogP contribution in [0.25, 0.3) is 0 Å². The first kappa shape index (κ1) is 15.3. The van der Waals surface area contributed by atoms with Gasteiger partial charge >= 0.3 is 0 Å². The second-order valence-corrected chi connectivity index (χ2v) is 6.72. The van der Waals surface area contributed by atoms with Crippen molar-refractivity contribution in [3.63, 3.8) is 0 Å². The number of hydrogen-bond acceptors (Lipinski definition) is 4.